The first-order valence-electron chi connectivity index (χ1n) is 6.66. The molecule has 0 radical (unpaired) electrons. The third kappa shape index (κ3) is 5.04. The third-order valence-corrected chi connectivity index (χ3v) is 3.35. The number of rotatable bonds is 6. The van der Waals surface area contributed by atoms with Crippen molar-refractivity contribution in [1.82, 2.24) is 15.1 Å². The monoisotopic (exact) mass is 287 g/mol. The van der Waals surface area contributed by atoms with Crippen molar-refractivity contribution in [2.24, 2.45) is 0 Å². The number of carboxylic acids is 2. The van der Waals surface area contributed by atoms with E-state index in [1.807, 2.05) is 6.92 Å². The summed E-state index contributed by atoms with van der Waals surface area (Å²) in [5.74, 6) is -2.30. The van der Waals surface area contributed by atoms with Gasteiger partial charge in [-0.25, -0.2) is 9.59 Å². The van der Waals surface area contributed by atoms with Crippen LogP contribution in [0.3, 0.4) is 0 Å². The molecule has 3 N–H and O–H groups in total. The van der Waals surface area contributed by atoms with Crippen molar-refractivity contribution in [3.05, 3.63) is 0 Å². The highest BCUT2D eigenvalue weighted by molar-refractivity contribution is 5.83. The standard InChI is InChI=1S/C12H21N3O5/c1-2-14-5-7-15(8-6-14)12(20)13-9(11(18)19)3-4-10(16)17/h9H,2-8H2,1H3,(H,13,20)(H,16,17)(H,18,19)/t9-/m0/s1. The van der Waals surface area contributed by atoms with Crippen LogP contribution in [0.5, 0.6) is 0 Å². The highest BCUT2D eigenvalue weighted by Crippen LogP contribution is 2.04. The summed E-state index contributed by atoms with van der Waals surface area (Å²) in [6.07, 6.45) is -0.411. The van der Waals surface area contributed by atoms with E-state index in [9.17, 15) is 14.4 Å². The van der Waals surface area contributed by atoms with Crippen LogP contribution in [0.15, 0.2) is 0 Å². The Labute approximate surface area is 117 Å². The molecule has 0 aromatic carbocycles. The lowest BCUT2D eigenvalue weighted by molar-refractivity contribution is -0.140. The first kappa shape index (κ1) is 16.2. The summed E-state index contributed by atoms with van der Waals surface area (Å²) in [5.41, 5.74) is 0. The topological polar surface area (TPSA) is 110 Å². The van der Waals surface area contributed by atoms with E-state index < -0.39 is 24.0 Å². The second-order valence-electron chi connectivity index (χ2n) is 4.69. The average Bonchev–Trinajstić information content (AvgIpc) is 2.42. The second kappa shape index (κ2) is 7.68. The van der Waals surface area contributed by atoms with Gasteiger partial charge in [0.2, 0.25) is 0 Å². The number of carboxylic acid groups (broad SMARTS) is 2. The van der Waals surface area contributed by atoms with Crippen molar-refractivity contribution in [2.75, 3.05) is 32.7 Å². The number of hydrogen-bond donors (Lipinski definition) is 3. The zero-order valence-electron chi connectivity index (χ0n) is 11.5. The first-order chi connectivity index (χ1) is 9.43. The van der Waals surface area contributed by atoms with Gasteiger partial charge < -0.3 is 25.3 Å². The number of amides is 2. The van der Waals surface area contributed by atoms with Gasteiger partial charge in [0, 0.05) is 32.6 Å². The minimum absolute atomic E-state index is 0.120. The van der Waals surface area contributed by atoms with Crippen LogP contribution in [0.2, 0.25) is 0 Å². The molecule has 2 amide bonds. The molecule has 1 aliphatic heterocycles. The number of piperazine rings is 1. The summed E-state index contributed by atoms with van der Waals surface area (Å²) >= 11 is 0. The maximum absolute atomic E-state index is 11.9. The van der Waals surface area contributed by atoms with Crippen molar-refractivity contribution < 1.29 is 24.6 Å². The Hall–Kier alpha value is -1.83. The quantitative estimate of drug-likeness (QED) is 0.616. The normalized spacial score (nSPS) is 17.6. The molecule has 1 rings (SSSR count). The van der Waals surface area contributed by atoms with Crippen LogP contribution in [0, 0.1) is 0 Å². The fourth-order valence-electron chi connectivity index (χ4n) is 2.03. The van der Waals surface area contributed by atoms with Gasteiger partial charge in [0.15, 0.2) is 0 Å². The van der Waals surface area contributed by atoms with Gasteiger partial charge in [-0.15, -0.1) is 0 Å². The number of nitrogens with zero attached hydrogens (tertiary/aromatic N) is 2. The van der Waals surface area contributed by atoms with E-state index >= 15 is 0 Å². The van der Waals surface area contributed by atoms with Gasteiger partial charge in [0.1, 0.15) is 6.04 Å². The lowest BCUT2D eigenvalue weighted by Crippen LogP contribution is -2.54. The van der Waals surface area contributed by atoms with E-state index in [4.69, 9.17) is 10.2 Å². The van der Waals surface area contributed by atoms with Gasteiger partial charge in [-0.3, -0.25) is 4.79 Å². The second-order valence-corrected chi connectivity index (χ2v) is 4.69. The van der Waals surface area contributed by atoms with Crippen LogP contribution in [-0.2, 0) is 9.59 Å². The molecule has 1 heterocycles. The average molecular weight is 287 g/mol. The molecule has 1 fully saturated rings. The predicted octanol–water partition coefficient (Wildman–Crippen LogP) is -0.348. The van der Waals surface area contributed by atoms with E-state index in [0.29, 0.717) is 13.1 Å². The van der Waals surface area contributed by atoms with E-state index in [0.717, 1.165) is 19.6 Å². The van der Waals surface area contributed by atoms with Crippen LogP contribution >= 0.6 is 0 Å². The summed E-state index contributed by atoms with van der Waals surface area (Å²) in [5, 5.41) is 19.9. The SMILES string of the molecule is CCN1CCN(C(=O)N[C@@H](CCC(=O)O)C(=O)O)CC1. The summed E-state index contributed by atoms with van der Waals surface area (Å²) < 4.78 is 0. The first-order valence-corrected chi connectivity index (χ1v) is 6.66. The zero-order chi connectivity index (χ0) is 15.1. The molecular weight excluding hydrogens is 266 g/mol. The lowest BCUT2D eigenvalue weighted by atomic mass is 10.1. The molecule has 1 aliphatic rings. The van der Waals surface area contributed by atoms with Crippen LogP contribution in [-0.4, -0.2) is 76.7 Å². The Morgan fingerprint density at radius 2 is 1.75 bits per heavy atom. The zero-order valence-corrected chi connectivity index (χ0v) is 11.5. The van der Waals surface area contributed by atoms with Gasteiger partial charge in [-0.2, -0.15) is 0 Å². The lowest BCUT2D eigenvalue weighted by Gasteiger charge is -2.34. The largest absolute Gasteiger partial charge is 0.481 e. The number of carbonyl (C=O) groups is 3. The van der Waals surface area contributed by atoms with Crippen LogP contribution in [0.4, 0.5) is 4.79 Å². The highest BCUT2D eigenvalue weighted by Gasteiger charge is 2.25. The van der Waals surface area contributed by atoms with Crippen molar-refractivity contribution in [3.63, 3.8) is 0 Å². The fourth-order valence-corrected chi connectivity index (χ4v) is 2.03. The summed E-state index contributed by atoms with van der Waals surface area (Å²) in [6, 6.07) is -1.61. The Kier molecular flexibility index (Phi) is 6.23. The van der Waals surface area contributed by atoms with Gasteiger partial charge in [0.25, 0.3) is 0 Å². The Bertz CT molecular complexity index is 366. The minimum Gasteiger partial charge on any atom is -0.481 e. The van der Waals surface area contributed by atoms with Crippen molar-refractivity contribution >= 4 is 18.0 Å². The summed E-state index contributed by atoms with van der Waals surface area (Å²) in [4.78, 5) is 37.1. The molecule has 0 spiro atoms. The van der Waals surface area contributed by atoms with E-state index in [2.05, 4.69) is 10.2 Å². The van der Waals surface area contributed by atoms with Crippen LogP contribution in [0.1, 0.15) is 19.8 Å². The van der Waals surface area contributed by atoms with Gasteiger partial charge >= 0.3 is 18.0 Å². The molecule has 0 aromatic heterocycles. The molecule has 8 heteroatoms. The van der Waals surface area contributed by atoms with Crippen molar-refractivity contribution in [2.45, 2.75) is 25.8 Å². The van der Waals surface area contributed by atoms with Gasteiger partial charge in [-0.1, -0.05) is 6.92 Å². The number of carbonyl (C=O) groups excluding carboxylic acids is 1. The molecule has 0 unspecified atom stereocenters. The smallest absolute Gasteiger partial charge is 0.326 e. The summed E-state index contributed by atoms with van der Waals surface area (Å²) in [7, 11) is 0. The number of likely N-dealkylation sites (N-methyl/N-ethyl adjacent to an activating group) is 1. The Morgan fingerprint density at radius 1 is 1.15 bits per heavy atom. The van der Waals surface area contributed by atoms with Crippen LogP contribution in [0.25, 0.3) is 0 Å². The molecular formula is C12H21N3O5. The van der Waals surface area contributed by atoms with Gasteiger partial charge in [0.05, 0.1) is 0 Å². The number of nitrogens with one attached hydrogen (secondary N) is 1. The van der Waals surface area contributed by atoms with Crippen molar-refractivity contribution in [3.8, 4) is 0 Å². The fraction of sp³-hybridized carbons (Fsp3) is 0.750. The molecule has 114 valence electrons. The number of aliphatic carboxylic acids is 2. The molecule has 0 aromatic rings. The molecule has 8 nitrogen and oxygen atoms in total. The maximum atomic E-state index is 11.9. The van der Waals surface area contributed by atoms with E-state index in [1.54, 1.807) is 4.90 Å². The Balaban J connectivity index is 2.45. The Morgan fingerprint density at radius 3 is 2.20 bits per heavy atom. The molecule has 1 atom stereocenters. The molecule has 0 saturated carbocycles. The summed E-state index contributed by atoms with van der Waals surface area (Å²) in [6.45, 7) is 5.58. The molecule has 1 saturated heterocycles. The predicted molar refractivity (Wildman–Crippen MR) is 70.5 cm³/mol. The number of hydrogen-bond acceptors (Lipinski definition) is 4. The maximum Gasteiger partial charge on any atom is 0.326 e. The third-order valence-electron chi connectivity index (χ3n) is 3.35. The molecule has 0 bridgehead atoms. The van der Waals surface area contributed by atoms with Crippen LogP contribution < -0.4 is 5.32 Å². The molecule has 0 aliphatic carbocycles. The van der Waals surface area contributed by atoms with E-state index in [-0.39, 0.29) is 12.8 Å². The molecule has 20 heavy (non-hydrogen) atoms. The minimum atomic E-state index is -1.22. The highest BCUT2D eigenvalue weighted by atomic mass is 16.4. The van der Waals surface area contributed by atoms with Crippen molar-refractivity contribution in [1.29, 1.82) is 0 Å². The van der Waals surface area contributed by atoms with E-state index in [1.165, 1.54) is 0 Å². The number of urea groups is 1. The van der Waals surface area contributed by atoms with Gasteiger partial charge in [-0.05, 0) is 13.0 Å².